The van der Waals surface area contributed by atoms with E-state index in [1.807, 2.05) is 6.92 Å². The molecular weight excluding hydrogens is 437 g/mol. The van der Waals surface area contributed by atoms with Gasteiger partial charge in [-0.15, -0.1) is 0 Å². The molecular formula is C23H26FNO6S. The Labute approximate surface area is 187 Å². The van der Waals surface area contributed by atoms with E-state index in [2.05, 4.69) is 0 Å². The Morgan fingerprint density at radius 1 is 1.09 bits per heavy atom. The number of ketones is 1. The van der Waals surface area contributed by atoms with Crippen LogP contribution in [0.25, 0.3) is 0 Å². The number of hydrogen-bond acceptors (Lipinski definition) is 6. The van der Waals surface area contributed by atoms with E-state index in [1.54, 1.807) is 0 Å². The van der Waals surface area contributed by atoms with Crippen LogP contribution in [0.4, 0.5) is 4.39 Å². The summed E-state index contributed by atoms with van der Waals surface area (Å²) in [7, 11) is -2.55. The molecule has 2 unspecified atom stereocenters. The average molecular weight is 464 g/mol. The van der Waals surface area contributed by atoms with E-state index >= 15 is 0 Å². The highest BCUT2D eigenvalue weighted by atomic mass is 32.2. The molecule has 0 aromatic heterocycles. The minimum absolute atomic E-state index is 0.0206. The molecule has 1 fully saturated rings. The molecule has 9 heteroatoms. The van der Waals surface area contributed by atoms with Gasteiger partial charge in [-0.2, -0.15) is 4.31 Å². The molecule has 1 aliphatic heterocycles. The van der Waals surface area contributed by atoms with Crippen LogP contribution in [0, 0.1) is 5.82 Å². The van der Waals surface area contributed by atoms with Gasteiger partial charge >= 0.3 is 5.97 Å². The van der Waals surface area contributed by atoms with E-state index in [9.17, 15) is 22.4 Å². The molecule has 172 valence electrons. The monoisotopic (exact) mass is 463 g/mol. The quantitative estimate of drug-likeness (QED) is 0.458. The number of piperidine rings is 1. The van der Waals surface area contributed by atoms with E-state index in [0.717, 1.165) is 31.4 Å². The van der Waals surface area contributed by atoms with Crippen molar-refractivity contribution in [3.8, 4) is 5.75 Å². The fourth-order valence-electron chi connectivity index (χ4n) is 3.69. The van der Waals surface area contributed by atoms with E-state index in [4.69, 9.17) is 9.47 Å². The molecule has 2 atom stereocenters. The van der Waals surface area contributed by atoms with Crippen LogP contribution in [-0.4, -0.2) is 50.3 Å². The maximum Gasteiger partial charge on any atom is 0.338 e. The summed E-state index contributed by atoms with van der Waals surface area (Å²) in [4.78, 5) is 25.0. The van der Waals surface area contributed by atoms with Crippen LogP contribution in [0.1, 0.15) is 53.8 Å². The molecule has 0 spiro atoms. The van der Waals surface area contributed by atoms with Crippen LogP contribution >= 0.6 is 0 Å². The number of carbonyl (C=O) groups is 2. The van der Waals surface area contributed by atoms with E-state index < -0.39 is 33.7 Å². The molecule has 1 saturated heterocycles. The van der Waals surface area contributed by atoms with Crippen molar-refractivity contribution < 1.29 is 31.9 Å². The third-order valence-corrected chi connectivity index (χ3v) is 7.54. The van der Waals surface area contributed by atoms with Gasteiger partial charge < -0.3 is 9.47 Å². The first-order chi connectivity index (χ1) is 15.1. The Morgan fingerprint density at radius 3 is 2.38 bits per heavy atom. The second kappa shape index (κ2) is 9.79. The van der Waals surface area contributed by atoms with Gasteiger partial charge in [-0.3, -0.25) is 4.79 Å². The van der Waals surface area contributed by atoms with Gasteiger partial charge in [0.15, 0.2) is 6.10 Å². The normalized spacial score (nSPS) is 18.1. The Bertz CT molecular complexity index is 1100. The van der Waals surface area contributed by atoms with Gasteiger partial charge in [-0.1, -0.05) is 6.42 Å². The van der Waals surface area contributed by atoms with Crippen molar-refractivity contribution in [1.82, 2.24) is 4.31 Å². The molecule has 2 aromatic rings. The van der Waals surface area contributed by atoms with Gasteiger partial charge in [0.1, 0.15) is 16.5 Å². The number of benzene rings is 2. The van der Waals surface area contributed by atoms with Crippen molar-refractivity contribution in [3.05, 3.63) is 59.4 Å². The largest absolute Gasteiger partial charge is 0.495 e. The van der Waals surface area contributed by atoms with Gasteiger partial charge in [0.2, 0.25) is 15.8 Å². The number of methoxy groups -OCH3 is 1. The van der Waals surface area contributed by atoms with Crippen LogP contribution in [-0.2, 0) is 14.8 Å². The third kappa shape index (κ3) is 4.99. The maximum atomic E-state index is 13.3. The lowest BCUT2D eigenvalue weighted by Crippen LogP contribution is -2.42. The third-order valence-electron chi connectivity index (χ3n) is 5.51. The van der Waals surface area contributed by atoms with Gasteiger partial charge in [0.05, 0.1) is 12.7 Å². The number of halogens is 1. The molecule has 32 heavy (non-hydrogen) atoms. The zero-order valence-corrected chi connectivity index (χ0v) is 19.0. The smallest absolute Gasteiger partial charge is 0.338 e. The molecule has 2 aromatic carbocycles. The molecule has 3 rings (SSSR count). The number of carbonyl (C=O) groups excluding carboxylic acids is 2. The highest BCUT2D eigenvalue weighted by Gasteiger charge is 2.34. The standard InChI is InChI=1S/C23H26FNO6S/c1-15-6-4-5-13-25(15)32(28,29)21-14-18(9-12-20(21)30-3)23(27)31-16(2)22(26)17-7-10-19(24)11-8-17/h7-12,14-16H,4-6,13H2,1-3H3. The summed E-state index contributed by atoms with van der Waals surface area (Å²) in [6, 6.07) is 8.72. The molecule has 1 aliphatic rings. The molecule has 1 heterocycles. The minimum Gasteiger partial charge on any atom is -0.495 e. The SMILES string of the molecule is COc1ccc(C(=O)OC(C)C(=O)c2ccc(F)cc2)cc1S(=O)(=O)N1CCCCC1C. The molecule has 0 bridgehead atoms. The van der Waals surface area contributed by atoms with Crippen molar-refractivity contribution in [3.63, 3.8) is 0 Å². The molecule has 0 amide bonds. The number of ether oxygens (including phenoxy) is 2. The second-order valence-corrected chi connectivity index (χ2v) is 9.60. The Kier molecular flexibility index (Phi) is 7.30. The topological polar surface area (TPSA) is 90.0 Å². The highest BCUT2D eigenvalue weighted by molar-refractivity contribution is 7.89. The molecule has 0 aliphatic carbocycles. The van der Waals surface area contributed by atoms with Gasteiger partial charge in [-0.25, -0.2) is 17.6 Å². The molecule has 0 N–H and O–H groups in total. The summed E-state index contributed by atoms with van der Waals surface area (Å²) in [6.07, 6.45) is 1.33. The predicted octanol–water partition coefficient (Wildman–Crippen LogP) is 3.83. The van der Waals surface area contributed by atoms with Crippen molar-refractivity contribution >= 4 is 21.8 Å². The van der Waals surface area contributed by atoms with Crippen LogP contribution in [0.3, 0.4) is 0 Å². The number of rotatable bonds is 7. The van der Waals surface area contributed by atoms with Gasteiger partial charge in [0.25, 0.3) is 0 Å². The number of nitrogens with zero attached hydrogens (tertiary/aromatic N) is 1. The molecule has 7 nitrogen and oxygen atoms in total. The number of sulfonamides is 1. The summed E-state index contributed by atoms with van der Waals surface area (Å²) < 4.78 is 51.6. The average Bonchev–Trinajstić information content (AvgIpc) is 2.78. The van der Waals surface area contributed by atoms with E-state index in [-0.39, 0.29) is 27.8 Å². The summed E-state index contributed by atoms with van der Waals surface area (Å²) in [5, 5.41) is 0. The van der Waals surface area contributed by atoms with Crippen molar-refractivity contribution in [2.24, 2.45) is 0 Å². The van der Waals surface area contributed by atoms with Crippen LogP contribution < -0.4 is 4.74 Å². The first-order valence-electron chi connectivity index (χ1n) is 10.4. The van der Waals surface area contributed by atoms with Crippen molar-refractivity contribution in [2.75, 3.05) is 13.7 Å². The van der Waals surface area contributed by atoms with E-state index in [1.165, 1.54) is 48.7 Å². The fraction of sp³-hybridized carbons (Fsp3) is 0.391. The first kappa shape index (κ1) is 23.9. The Morgan fingerprint density at radius 2 is 1.75 bits per heavy atom. The van der Waals surface area contributed by atoms with Crippen molar-refractivity contribution in [2.45, 2.75) is 50.2 Å². The lowest BCUT2D eigenvalue weighted by atomic mass is 10.1. The molecule has 0 saturated carbocycles. The zero-order valence-electron chi connectivity index (χ0n) is 18.2. The minimum atomic E-state index is -3.90. The fourth-order valence-corrected chi connectivity index (χ4v) is 5.57. The Balaban J connectivity index is 1.84. The second-order valence-electron chi connectivity index (χ2n) is 7.74. The van der Waals surface area contributed by atoms with Crippen LogP contribution in [0.5, 0.6) is 5.75 Å². The first-order valence-corrected chi connectivity index (χ1v) is 11.8. The summed E-state index contributed by atoms with van der Waals surface area (Å²) in [5.74, 6) is -1.71. The highest BCUT2D eigenvalue weighted by Crippen LogP contribution is 2.32. The summed E-state index contributed by atoms with van der Waals surface area (Å²) in [5.41, 5.74) is 0.177. The molecule has 0 radical (unpaired) electrons. The van der Waals surface area contributed by atoms with Crippen molar-refractivity contribution in [1.29, 1.82) is 0 Å². The predicted molar refractivity (Wildman–Crippen MR) is 116 cm³/mol. The number of Topliss-reactive ketones (excluding diaryl/α,β-unsaturated/α-hetero) is 1. The summed E-state index contributed by atoms with van der Waals surface area (Å²) >= 11 is 0. The van der Waals surface area contributed by atoms with Crippen LogP contribution in [0.2, 0.25) is 0 Å². The van der Waals surface area contributed by atoms with Gasteiger partial charge in [0, 0.05) is 18.2 Å². The number of esters is 1. The van der Waals surface area contributed by atoms with Gasteiger partial charge in [-0.05, 0) is 69.2 Å². The number of hydrogen-bond donors (Lipinski definition) is 0. The lowest BCUT2D eigenvalue weighted by molar-refractivity contribution is 0.0318. The van der Waals surface area contributed by atoms with E-state index in [0.29, 0.717) is 6.54 Å². The lowest BCUT2D eigenvalue weighted by Gasteiger charge is -2.32. The zero-order chi connectivity index (χ0) is 23.5. The van der Waals surface area contributed by atoms with Crippen LogP contribution in [0.15, 0.2) is 47.4 Å². The summed E-state index contributed by atoms with van der Waals surface area (Å²) in [6.45, 7) is 3.65. The maximum absolute atomic E-state index is 13.3. The Hall–Kier alpha value is -2.78.